The highest BCUT2D eigenvalue weighted by atomic mass is 32.2. The Hall–Kier alpha value is -3.30. The minimum Gasteiger partial charge on any atom is -0.491 e. The van der Waals surface area contributed by atoms with Gasteiger partial charge in [-0.3, -0.25) is 4.79 Å². The minimum absolute atomic E-state index is 0.0145. The van der Waals surface area contributed by atoms with Crippen LogP contribution < -0.4 is 4.74 Å². The van der Waals surface area contributed by atoms with Crippen LogP contribution >= 0.6 is 0 Å². The number of ether oxygens (including phenoxy) is 1. The Morgan fingerprint density at radius 2 is 1.53 bits per heavy atom. The summed E-state index contributed by atoms with van der Waals surface area (Å²) < 4.78 is 64.0. The van der Waals surface area contributed by atoms with E-state index in [1.807, 2.05) is 30.3 Å². The van der Waals surface area contributed by atoms with Gasteiger partial charge in [-0.25, -0.2) is 17.2 Å². The zero-order chi connectivity index (χ0) is 25.7. The largest absolute Gasteiger partial charge is 0.491 e. The lowest BCUT2D eigenvalue weighted by molar-refractivity contribution is 0.0781. The average molecular weight is 515 g/mol. The number of halogens is 2. The van der Waals surface area contributed by atoms with Crippen molar-refractivity contribution in [2.75, 3.05) is 26.7 Å². The van der Waals surface area contributed by atoms with Gasteiger partial charge in [0, 0.05) is 20.1 Å². The van der Waals surface area contributed by atoms with Gasteiger partial charge in [-0.15, -0.1) is 0 Å². The van der Waals surface area contributed by atoms with Crippen LogP contribution in [0.3, 0.4) is 0 Å². The fourth-order valence-corrected chi connectivity index (χ4v) is 6.12. The summed E-state index contributed by atoms with van der Waals surface area (Å²) in [6.45, 7) is 0.289. The molecule has 0 N–H and O–H groups in total. The Morgan fingerprint density at radius 3 is 2.25 bits per heavy atom. The number of para-hydroxylation sites is 1. The predicted molar refractivity (Wildman–Crippen MR) is 132 cm³/mol. The van der Waals surface area contributed by atoms with Gasteiger partial charge < -0.3 is 9.64 Å². The topological polar surface area (TPSA) is 66.9 Å². The van der Waals surface area contributed by atoms with Gasteiger partial charge in [0.05, 0.1) is 11.6 Å². The maximum Gasteiger partial charge on any atom is 0.257 e. The van der Waals surface area contributed by atoms with E-state index in [9.17, 15) is 22.0 Å². The number of rotatable bonds is 4. The van der Waals surface area contributed by atoms with Crippen molar-refractivity contribution in [3.8, 4) is 5.75 Å². The number of nitrogens with zero attached hydrogens (tertiary/aromatic N) is 2. The van der Waals surface area contributed by atoms with E-state index in [1.165, 1.54) is 0 Å². The molecule has 0 unspecified atom stereocenters. The molecule has 0 bridgehead atoms. The zero-order valence-electron chi connectivity index (χ0n) is 19.9. The summed E-state index contributed by atoms with van der Waals surface area (Å²) in [4.78, 5) is 13.6. The second-order valence-corrected chi connectivity index (χ2v) is 10.6. The van der Waals surface area contributed by atoms with Crippen molar-refractivity contribution in [2.24, 2.45) is 0 Å². The number of amides is 1. The zero-order valence-corrected chi connectivity index (χ0v) is 20.8. The lowest BCUT2D eigenvalue weighted by atomic mass is 10.1. The van der Waals surface area contributed by atoms with Crippen LogP contribution in [-0.2, 0) is 16.4 Å². The summed E-state index contributed by atoms with van der Waals surface area (Å²) in [5.74, 6) is -2.15. The van der Waals surface area contributed by atoms with E-state index < -0.39 is 32.6 Å². The molecule has 1 aliphatic rings. The monoisotopic (exact) mass is 514 g/mol. The molecule has 1 heterocycles. The van der Waals surface area contributed by atoms with Gasteiger partial charge >= 0.3 is 0 Å². The third kappa shape index (κ3) is 5.57. The van der Waals surface area contributed by atoms with Crippen molar-refractivity contribution in [1.82, 2.24) is 9.21 Å². The Labute approximate surface area is 210 Å². The number of fused-ring (bicyclic) bond motifs is 1. The summed E-state index contributed by atoms with van der Waals surface area (Å²) in [6, 6.07) is 18.2. The van der Waals surface area contributed by atoms with Gasteiger partial charge in [-0.2, -0.15) is 4.31 Å². The summed E-state index contributed by atoms with van der Waals surface area (Å²) in [7, 11) is -2.89. The van der Waals surface area contributed by atoms with Crippen molar-refractivity contribution >= 4 is 15.9 Å². The molecule has 1 atom stereocenters. The van der Waals surface area contributed by atoms with Crippen LogP contribution in [0.25, 0.3) is 0 Å². The van der Waals surface area contributed by atoms with Crippen molar-refractivity contribution in [2.45, 2.75) is 30.2 Å². The van der Waals surface area contributed by atoms with Crippen LogP contribution in [0, 0.1) is 11.6 Å². The molecule has 36 heavy (non-hydrogen) atoms. The van der Waals surface area contributed by atoms with E-state index in [0.717, 1.165) is 28.1 Å². The highest BCUT2D eigenvalue weighted by Crippen LogP contribution is 2.28. The molecule has 0 aromatic heterocycles. The van der Waals surface area contributed by atoms with Gasteiger partial charge in [0.15, 0.2) is 4.90 Å². The van der Waals surface area contributed by atoms with Gasteiger partial charge in [0.1, 0.15) is 24.0 Å². The summed E-state index contributed by atoms with van der Waals surface area (Å²) in [5, 5.41) is 0. The quantitative estimate of drug-likeness (QED) is 0.514. The lowest BCUT2D eigenvalue weighted by Gasteiger charge is -2.32. The van der Waals surface area contributed by atoms with Crippen LogP contribution in [0.15, 0.2) is 77.7 Å². The molecule has 9 heteroatoms. The van der Waals surface area contributed by atoms with Crippen LogP contribution in [0.1, 0.15) is 28.8 Å². The van der Waals surface area contributed by atoms with E-state index in [1.54, 1.807) is 36.2 Å². The van der Waals surface area contributed by atoms with Gasteiger partial charge in [0.2, 0.25) is 10.0 Å². The van der Waals surface area contributed by atoms with E-state index in [-0.39, 0.29) is 25.5 Å². The first kappa shape index (κ1) is 25.8. The molecule has 3 aromatic rings. The fraction of sp³-hybridized carbons (Fsp3) is 0.296. The molecule has 0 saturated carbocycles. The smallest absolute Gasteiger partial charge is 0.257 e. The third-order valence-electron chi connectivity index (χ3n) is 6.22. The Bertz CT molecular complexity index is 1300. The fourth-order valence-electron chi connectivity index (χ4n) is 4.35. The van der Waals surface area contributed by atoms with E-state index in [0.29, 0.717) is 30.7 Å². The molecular weight excluding hydrogens is 486 g/mol. The standard InChI is InChI=1S/C27H28F2N2O4S/c1-30-16-7-8-17-31(36(33,34)26-23(28)13-9-14-24(26)29)21(18-20-10-3-2-4-11-20)19-35-25-15-6-5-12-22(25)27(30)32/h2-6,9-15,21H,7-8,16-19H2,1H3/t21-/m0/s1. The number of hydrogen-bond donors (Lipinski definition) is 0. The SMILES string of the molecule is CN1CCCCN(S(=O)(=O)c2c(F)cccc2F)[C@@H](Cc2ccccc2)COc2ccccc2C1=O. The van der Waals surface area contributed by atoms with Crippen molar-refractivity contribution < 1.29 is 26.7 Å². The molecule has 3 aromatic carbocycles. The van der Waals surface area contributed by atoms with Crippen LogP contribution in [0.4, 0.5) is 8.78 Å². The summed E-state index contributed by atoms with van der Waals surface area (Å²) >= 11 is 0. The molecule has 6 nitrogen and oxygen atoms in total. The molecule has 190 valence electrons. The highest BCUT2D eigenvalue weighted by Gasteiger charge is 2.36. The van der Waals surface area contributed by atoms with Crippen molar-refractivity contribution in [1.29, 1.82) is 0 Å². The second-order valence-electron chi connectivity index (χ2n) is 8.75. The first-order chi connectivity index (χ1) is 17.3. The van der Waals surface area contributed by atoms with E-state index in [4.69, 9.17) is 4.74 Å². The molecule has 1 aliphatic heterocycles. The summed E-state index contributed by atoms with van der Waals surface area (Å²) in [5.41, 5.74) is 1.21. The highest BCUT2D eigenvalue weighted by molar-refractivity contribution is 7.89. The molecule has 0 radical (unpaired) electrons. The van der Waals surface area contributed by atoms with E-state index >= 15 is 0 Å². The second kappa shape index (κ2) is 11.2. The predicted octanol–water partition coefficient (Wildman–Crippen LogP) is 4.51. The number of benzene rings is 3. The number of carbonyl (C=O) groups is 1. The normalized spacial score (nSPS) is 18.0. The van der Waals surface area contributed by atoms with Gasteiger partial charge in [0.25, 0.3) is 5.91 Å². The molecule has 0 fully saturated rings. The third-order valence-corrected chi connectivity index (χ3v) is 8.23. The van der Waals surface area contributed by atoms with Crippen molar-refractivity contribution in [3.63, 3.8) is 0 Å². The van der Waals surface area contributed by atoms with Crippen LogP contribution in [-0.4, -0.2) is 56.3 Å². The first-order valence-corrected chi connectivity index (χ1v) is 13.2. The molecule has 1 amide bonds. The van der Waals surface area contributed by atoms with E-state index in [2.05, 4.69) is 0 Å². The van der Waals surface area contributed by atoms with Gasteiger partial charge in [-0.1, -0.05) is 48.5 Å². The molecule has 0 aliphatic carbocycles. The minimum atomic E-state index is -4.56. The number of carbonyl (C=O) groups excluding carboxylic acids is 1. The maximum atomic E-state index is 14.7. The Kier molecular flexibility index (Phi) is 8.01. The van der Waals surface area contributed by atoms with Crippen LogP contribution in [0.5, 0.6) is 5.75 Å². The first-order valence-electron chi connectivity index (χ1n) is 11.8. The number of sulfonamides is 1. The lowest BCUT2D eigenvalue weighted by Crippen LogP contribution is -2.46. The molecular formula is C27H28F2N2O4S. The number of hydrogen-bond acceptors (Lipinski definition) is 4. The van der Waals surface area contributed by atoms with Gasteiger partial charge in [-0.05, 0) is 49.1 Å². The Balaban J connectivity index is 1.79. The molecule has 0 spiro atoms. The molecule has 4 rings (SSSR count). The maximum absolute atomic E-state index is 14.7. The molecule has 0 saturated heterocycles. The van der Waals surface area contributed by atoms with Crippen LogP contribution in [0.2, 0.25) is 0 Å². The average Bonchev–Trinajstić information content (AvgIpc) is 2.86. The Morgan fingerprint density at radius 1 is 0.889 bits per heavy atom. The van der Waals surface area contributed by atoms with Crippen molar-refractivity contribution in [3.05, 3.63) is 95.6 Å². The summed E-state index contributed by atoms with van der Waals surface area (Å²) in [6.07, 6.45) is 1.15.